The van der Waals surface area contributed by atoms with E-state index in [1.54, 1.807) is 0 Å². The quantitative estimate of drug-likeness (QED) is 0.653. The first-order valence-corrected chi connectivity index (χ1v) is 8.41. The van der Waals surface area contributed by atoms with Crippen molar-refractivity contribution < 1.29 is 22.8 Å². The van der Waals surface area contributed by atoms with Crippen molar-refractivity contribution in [3.05, 3.63) is 68.8 Å². The van der Waals surface area contributed by atoms with Gasteiger partial charge in [-0.3, -0.25) is 9.59 Å². The maximum absolute atomic E-state index is 12.8. The number of hydrogen-bond acceptors (Lipinski definition) is 3. The van der Waals surface area contributed by atoms with Crippen LogP contribution in [-0.4, -0.2) is 11.8 Å². The summed E-state index contributed by atoms with van der Waals surface area (Å²) >= 11 is 17.9. The molecule has 2 amide bonds. The number of nitrogens with one attached hydrogen (secondary N) is 1. The summed E-state index contributed by atoms with van der Waals surface area (Å²) in [5.74, 6) is -1.74. The highest BCUT2D eigenvalue weighted by Crippen LogP contribution is 2.38. The number of amides is 2. The average Bonchev–Trinajstić information content (AvgIpc) is 2.81. The Labute approximate surface area is 166 Å². The molecule has 0 unspecified atom stereocenters. The van der Waals surface area contributed by atoms with Crippen molar-refractivity contribution in [2.75, 3.05) is 10.2 Å². The van der Waals surface area contributed by atoms with Crippen LogP contribution in [0.4, 0.5) is 24.5 Å². The van der Waals surface area contributed by atoms with Crippen molar-refractivity contribution in [3.63, 3.8) is 0 Å². The first-order chi connectivity index (χ1) is 12.6. The molecule has 10 heteroatoms. The highest BCUT2D eigenvalue weighted by Gasteiger charge is 2.40. The summed E-state index contributed by atoms with van der Waals surface area (Å²) in [5, 5.41) is 2.08. The van der Waals surface area contributed by atoms with E-state index in [9.17, 15) is 22.8 Å². The molecule has 0 aliphatic carbocycles. The molecule has 1 aliphatic rings. The van der Waals surface area contributed by atoms with Crippen LogP contribution in [0, 0.1) is 0 Å². The lowest BCUT2D eigenvalue weighted by Gasteiger charge is -2.17. The summed E-state index contributed by atoms with van der Waals surface area (Å²) in [6.07, 6.45) is -4.56. The molecule has 4 nitrogen and oxygen atoms in total. The van der Waals surface area contributed by atoms with Crippen LogP contribution in [0.2, 0.25) is 10.0 Å². The van der Waals surface area contributed by atoms with E-state index < -0.39 is 28.6 Å². The molecule has 0 radical (unpaired) electrons. The Balaban J connectivity index is 1.95. The van der Waals surface area contributed by atoms with Crippen LogP contribution in [0.15, 0.2) is 53.2 Å². The molecular weight excluding hydrogens is 428 g/mol. The topological polar surface area (TPSA) is 49.4 Å². The maximum atomic E-state index is 12.8. The summed E-state index contributed by atoms with van der Waals surface area (Å²) in [5.41, 5.74) is -1.33. The van der Waals surface area contributed by atoms with E-state index in [1.807, 2.05) is 0 Å². The van der Waals surface area contributed by atoms with Gasteiger partial charge in [0.2, 0.25) is 0 Å². The van der Waals surface area contributed by atoms with Gasteiger partial charge < -0.3 is 5.32 Å². The maximum Gasteiger partial charge on any atom is 0.416 e. The van der Waals surface area contributed by atoms with Crippen LogP contribution in [0.25, 0.3) is 0 Å². The molecule has 27 heavy (non-hydrogen) atoms. The second-order valence-electron chi connectivity index (χ2n) is 5.41. The normalized spacial score (nSPS) is 15.0. The number of halogens is 6. The molecule has 2 aromatic carbocycles. The minimum atomic E-state index is -4.56. The van der Waals surface area contributed by atoms with Gasteiger partial charge in [0.1, 0.15) is 10.7 Å². The van der Waals surface area contributed by atoms with Crippen LogP contribution >= 0.6 is 34.8 Å². The van der Waals surface area contributed by atoms with Crippen molar-refractivity contribution in [2.45, 2.75) is 6.18 Å². The molecule has 1 aliphatic heterocycles. The molecule has 0 fully saturated rings. The molecule has 3 rings (SSSR count). The summed E-state index contributed by atoms with van der Waals surface area (Å²) < 4.78 is 38.5. The fourth-order valence-electron chi connectivity index (χ4n) is 2.41. The van der Waals surface area contributed by atoms with Crippen LogP contribution in [0.5, 0.6) is 0 Å². The predicted octanol–water partition coefficient (Wildman–Crippen LogP) is 5.45. The lowest BCUT2D eigenvalue weighted by molar-refractivity contribution is -0.137. The summed E-state index contributed by atoms with van der Waals surface area (Å²) in [6, 6.07) is 8.48. The van der Waals surface area contributed by atoms with Gasteiger partial charge in [-0.15, -0.1) is 0 Å². The molecule has 0 saturated carbocycles. The lowest BCUT2D eigenvalue weighted by atomic mass is 10.2. The van der Waals surface area contributed by atoms with Crippen molar-refractivity contribution in [1.29, 1.82) is 0 Å². The minimum Gasteiger partial charge on any atom is -0.350 e. The number of nitrogens with zero attached hydrogens (tertiary/aromatic N) is 1. The zero-order chi connectivity index (χ0) is 19.9. The highest BCUT2D eigenvalue weighted by molar-refractivity contribution is 6.54. The van der Waals surface area contributed by atoms with E-state index in [-0.39, 0.29) is 27.1 Å². The number of imide groups is 1. The molecule has 0 aromatic heterocycles. The summed E-state index contributed by atoms with van der Waals surface area (Å²) in [4.78, 5) is 25.8. The van der Waals surface area contributed by atoms with Crippen molar-refractivity contribution in [3.8, 4) is 0 Å². The summed E-state index contributed by atoms with van der Waals surface area (Å²) in [6.45, 7) is 0. The molecule has 140 valence electrons. The van der Waals surface area contributed by atoms with Gasteiger partial charge >= 0.3 is 6.18 Å². The SMILES string of the molecule is O=C1C(Cl)=C(Nc2cccc(C(F)(F)F)c2)C(=O)N1c1cccc(Cl)c1Cl. The van der Waals surface area contributed by atoms with Crippen molar-refractivity contribution >= 4 is 58.0 Å². The molecule has 0 saturated heterocycles. The molecular formula is C17H8Cl3F3N2O2. The van der Waals surface area contributed by atoms with Gasteiger partial charge in [-0.25, -0.2) is 4.90 Å². The molecule has 2 aromatic rings. The fraction of sp³-hybridized carbons (Fsp3) is 0.0588. The third-order valence-electron chi connectivity index (χ3n) is 3.66. The van der Waals surface area contributed by atoms with Gasteiger partial charge in [-0.1, -0.05) is 46.9 Å². The zero-order valence-electron chi connectivity index (χ0n) is 13.1. The predicted molar refractivity (Wildman–Crippen MR) is 96.9 cm³/mol. The van der Waals surface area contributed by atoms with E-state index in [1.165, 1.54) is 24.3 Å². The fourth-order valence-corrected chi connectivity index (χ4v) is 3.01. The number of carbonyl (C=O) groups excluding carboxylic acids is 2. The van der Waals surface area contributed by atoms with Gasteiger partial charge in [0, 0.05) is 5.69 Å². The molecule has 0 spiro atoms. The lowest BCUT2D eigenvalue weighted by Crippen LogP contribution is -2.32. The Morgan fingerprint density at radius 3 is 2.26 bits per heavy atom. The van der Waals surface area contributed by atoms with Crippen LogP contribution in [0.3, 0.4) is 0 Å². The molecule has 1 heterocycles. The third-order valence-corrected chi connectivity index (χ3v) is 4.82. The first-order valence-electron chi connectivity index (χ1n) is 7.28. The largest absolute Gasteiger partial charge is 0.416 e. The van der Waals surface area contributed by atoms with Crippen LogP contribution in [-0.2, 0) is 15.8 Å². The number of hydrogen-bond donors (Lipinski definition) is 1. The Bertz CT molecular complexity index is 990. The number of anilines is 2. The minimum absolute atomic E-state index is 0.0122. The second kappa shape index (κ2) is 7.07. The highest BCUT2D eigenvalue weighted by atomic mass is 35.5. The Hall–Kier alpha value is -2.22. The third kappa shape index (κ3) is 3.63. The van der Waals surface area contributed by atoms with Gasteiger partial charge in [0.25, 0.3) is 11.8 Å². The number of carbonyl (C=O) groups is 2. The van der Waals surface area contributed by atoms with E-state index in [0.717, 1.165) is 18.2 Å². The molecule has 1 N–H and O–H groups in total. The van der Waals surface area contributed by atoms with E-state index >= 15 is 0 Å². The van der Waals surface area contributed by atoms with Gasteiger partial charge in [0.05, 0.1) is 21.3 Å². The van der Waals surface area contributed by atoms with Gasteiger partial charge in [-0.2, -0.15) is 13.2 Å². The standard InChI is InChI=1S/C17H8Cl3F3N2O2/c18-10-5-2-6-11(12(10)19)25-15(26)13(20)14(16(25)27)24-9-4-1-3-8(7-9)17(21,22)23/h1-7,24H. The van der Waals surface area contributed by atoms with Crippen molar-refractivity contribution in [2.24, 2.45) is 0 Å². The zero-order valence-corrected chi connectivity index (χ0v) is 15.3. The number of benzene rings is 2. The number of alkyl halides is 3. The Morgan fingerprint density at radius 1 is 0.926 bits per heavy atom. The smallest absolute Gasteiger partial charge is 0.350 e. The van der Waals surface area contributed by atoms with Gasteiger partial charge in [0.15, 0.2) is 0 Å². The average molecular weight is 436 g/mol. The van der Waals surface area contributed by atoms with Crippen LogP contribution in [0.1, 0.15) is 5.56 Å². The van der Waals surface area contributed by atoms with E-state index in [2.05, 4.69) is 5.32 Å². The van der Waals surface area contributed by atoms with E-state index in [0.29, 0.717) is 4.90 Å². The monoisotopic (exact) mass is 434 g/mol. The van der Waals surface area contributed by atoms with Crippen molar-refractivity contribution in [1.82, 2.24) is 0 Å². The Morgan fingerprint density at radius 2 is 1.59 bits per heavy atom. The Kier molecular flexibility index (Phi) is 5.12. The molecule has 0 atom stereocenters. The van der Waals surface area contributed by atoms with Gasteiger partial charge in [-0.05, 0) is 30.3 Å². The summed E-state index contributed by atoms with van der Waals surface area (Å²) in [7, 11) is 0. The van der Waals surface area contributed by atoms with E-state index in [4.69, 9.17) is 34.8 Å². The number of rotatable bonds is 3. The first kappa shape index (κ1) is 19.5. The van der Waals surface area contributed by atoms with Crippen LogP contribution < -0.4 is 10.2 Å². The second-order valence-corrected chi connectivity index (χ2v) is 6.57. The molecule has 0 bridgehead atoms.